The fraction of sp³-hybridized carbons (Fsp3) is 0.745. The molecule has 7 aliphatic carbocycles. The van der Waals surface area contributed by atoms with Crippen molar-refractivity contribution in [3.05, 3.63) is 46.0 Å². The van der Waals surface area contributed by atoms with Gasteiger partial charge in [-0.05, 0) is 146 Å². The number of fused-ring (bicyclic) bond motifs is 7. The molecule has 1 N–H and O–H groups in total. The Labute approximate surface area is 363 Å². The van der Waals surface area contributed by atoms with Gasteiger partial charge in [0.1, 0.15) is 12.2 Å². The first kappa shape index (κ1) is 43.6. The zero-order valence-corrected chi connectivity index (χ0v) is 38.5. The number of esters is 1. The fourth-order valence-electron chi connectivity index (χ4n) is 15.7. The first-order valence-electron chi connectivity index (χ1n) is 23.3. The third kappa shape index (κ3) is 6.34. The van der Waals surface area contributed by atoms with Gasteiger partial charge in [0, 0.05) is 34.3 Å². The Morgan fingerprint density at radius 1 is 0.817 bits per heavy atom. The van der Waals surface area contributed by atoms with Crippen molar-refractivity contribution < 1.29 is 33.4 Å². The van der Waals surface area contributed by atoms with E-state index in [2.05, 4.69) is 53.8 Å². The van der Waals surface area contributed by atoms with Crippen LogP contribution in [0.3, 0.4) is 0 Å². The van der Waals surface area contributed by atoms with Crippen LogP contribution in [0.2, 0.25) is 5.02 Å². The van der Waals surface area contributed by atoms with Gasteiger partial charge in [-0.1, -0.05) is 86.8 Å². The van der Waals surface area contributed by atoms with Gasteiger partial charge in [0.2, 0.25) is 5.91 Å². The minimum absolute atomic E-state index is 0.0128. The van der Waals surface area contributed by atoms with Crippen molar-refractivity contribution in [1.82, 2.24) is 5.32 Å². The van der Waals surface area contributed by atoms with Crippen LogP contribution in [0.25, 0.3) is 0 Å². The van der Waals surface area contributed by atoms with Crippen LogP contribution in [0.15, 0.2) is 35.4 Å². The predicted molar refractivity (Wildman–Crippen MR) is 232 cm³/mol. The summed E-state index contributed by atoms with van der Waals surface area (Å²) in [7, 11) is 0. The molecule has 1 aromatic rings. The van der Waals surface area contributed by atoms with E-state index >= 15 is 0 Å². The van der Waals surface area contributed by atoms with Gasteiger partial charge in [-0.3, -0.25) is 24.0 Å². The average Bonchev–Trinajstić information content (AvgIpc) is 3.77. The van der Waals surface area contributed by atoms with Crippen LogP contribution >= 0.6 is 11.6 Å². The van der Waals surface area contributed by atoms with E-state index in [0.29, 0.717) is 54.6 Å². The number of carbonyl (C=O) groups is 5. The predicted octanol–water partition coefficient (Wildman–Crippen LogP) is 10.8. The van der Waals surface area contributed by atoms with Gasteiger partial charge in [-0.2, -0.15) is 0 Å². The van der Waals surface area contributed by atoms with Crippen LogP contribution in [0.5, 0.6) is 0 Å². The van der Waals surface area contributed by atoms with Crippen LogP contribution in [-0.4, -0.2) is 47.7 Å². The molecule has 0 spiro atoms. The van der Waals surface area contributed by atoms with Gasteiger partial charge < -0.3 is 14.8 Å². The molecule has 6 fully saturated rings. The summed E-state index contributed by atoms with van der Waals surface area (Å²) < 4.78 is 11.8. The molecule has 0 bridgehead atoms. The van der Waals surface area contributed by atoms with Crippen molar-refractivity contribution in [1.29, 1.82) is 0 Å². The molecule has 1 aromatic carbocycles. The maximum Gasteiger partial charge on any atom is 0.310 e. The summed E-state index contributed by atoms with van der Waals surface area (Å²) in [6, 6.07) is 6.97. The molecule has 0 unspecified atom stereocenters. The molecule has 8 nitrogen and oxygen atoms in total. The topological polar surface area (TPSA) is 116 Å². The monoisotopic (exact) mass is 843 g/mol. The van der Waals surface area contributed by atoms with Crippen molar-refractivity contribution in [2.24, 2.45) is 62.1 Å². The third-order valence-corrected chi connectivity index (χ3v) is 19.6. The minimum atomic E-state index is -0.793. The minimum Gasteiger partial charge on any atom is -0.464 e. The normalized spacial score (nSPS) is 39.7. The second-order valence-electron chi connectivity index (χ2n) is 22.9. The summed E-state index contributed by atoms with van der Waals surface area (Å²) >= 11 is 6.14. The number of carbonyl (C=O) groups excluding carboxylic acids is 5. The molecule has 1 amide bonds. The van der Waals surface area contributed by atoms with E-state index in [1.54, 1.807) is 24.3 Å². The summed E-state index contributed by atoms with van der Waals surface area (Å²) in [4.78, 5) is 67.8. The smallest absolute Gasteiger partial charge is 0.310 e. The van der Waals surface area contributed by atoms with Crippen molar-refractivity contribution >= 4 is 41.5 Å². The molecule has 0 heterocycles. The molecule has 0 saturated heterocycles. The summed E-state index contributed by atoms with van der Waals surface area (Å²) in [5.74, 6) is 0.720. The van der Waals surface area contributed by atoms with Gasteiger partial charge in [0.25, 0.3) is 6.47 Å². The number of hydrogen-bond donors (Lipinski definition) is 1. The Balaban J connectivity index is 1.05. The third-order valence-electron chi connectivity index (χ3n) is 19.4. The highest BCUT2D eigenvalue weighted by atomic mass is 35.5. The molecule has 9 heteroatoms. The van der Waals surface area contributed by atoms with Gasteiger partial charge in [-0.25, -0.2) is 0 Å². The van der Waals surface area contributed by atoms with E-state index in [4.69, 9.17) is 21.1 Å². The first-order valence-corrected chi connectivity index (χ1v) is 23.7. The Hall–Kier alpha value is -3.00. The van der Waals surface area contributed by atoms with Crippen LogP contribution in [0.4, 0.5) is 0 Å². The number of ketones is 2. The maximum absolute atomic E-state index is 14.9. The molecule has 328 valence electrons. The van der Waals surface area contributed by atoms with E-state index in [9.17, 15) is 24.0 Å². The molecule has 6 saturated carbocycles. The quantitative estimate of drug-likeness (QED) is 0.142. The van der Waals surface area contributed by atoms with Gasteiger partial charge >= 0.3 is 5.97 Å². The lowest BCUT2D eigenvalue weighted by Crippen LogP contribution is -2.67. The van der Waals surface area contributed by atoms with Crippen LogP contribution in [0.1, 0.15) is 169 Å². The van der Waals surface area contributed by atoms with E-state index in [0.717, 1.165) is 69.8 Å². The SMILES string of the molecule is CC(C)C1=C2[C@H]3CC[C@@H]4[C@@]5(C)CC[C@H](OC(=O)[C@H]6C[C@@H](OC=O)C6(C)C)C(C)(C)[C@@H]5CC[C@@]4(C)[C@]3(C)CC[C@@]2(NC(=O)C2(CC(=O)c3ccc(Cl)cc3)CCCC2)CC1=O. The lowest BCUT2D eigenvalue weighted by atomic mass is 9.33. The van der Waals surface area contributed by atoms with Gasteiger partial charge in [-0.15, -0.1) is 0 Å². The fourth-order valence-corrected chi connectivity index (χ4v) is 15.8. The highest BCUT2D eigenvalue weighted by Crippen LogP contribution is 2.76. The molecule has 7 aliphatic rings. The number of hydrogen-bond acceptors (Lipinski definition) is 7. The number of Topliss-reactive ketones (excluding diaryl/α,β-unsaturated/α-hetero) is 2. The number of rotatable bonds is 10. The first-order chi connectivity index (χ1) is 28.1. The van der Waals surface area contributed by atoms with Crippen molar-refractivity contribution in [3.8, 4) is 0 Å². The molecule has 10 atom stereocenters. The van der Waals surface area contributed by atoms with Crippen molar-refractivity contribution in [3.63, 3.8) is 0 Å². The lowest BCUT2D eigenvalue weighted by Gasteiger charge is -2.72. The number of amides is 1. The Kier molecular flexibility index (Phi) is 10.8. The second kappa shape index (κ2) is 14.8. The van der Waals surface area contributed by atoms with Gasteiger partial charge in [0.05, 0.1) is 16.9 Å². The Bertz CT molecular complexity index is 1980. The summed E-state index contributed by atoms with van der Waals surface area (Å²) in [6.45, 7) is 21.0. The van der Waals surface area contributed by atoms with E-state index in [1.807, 2.05) is 13.8 Å². The Morgan fingerprint density at radius 3 is 2.13 bits per heavy atom. The number of benzene rings is 1. The number of allylic oxidation sites excluding steroid dienone is 1. The molecular weight excluding hydrogens is 774 g/mol. The van der Waals surface area contributed by atoms with E-state index in [-0.39, 0.29) is 81.5 Å². The summed E-state index contributed by atoms with van der Waals surface area (Å²) in [6.07, 6.45) is 11.4. The standard InChI is InChI=1S/C51H70ClNO7/c1-30(2)41-36(56)28-51(53-44(58)50(20-10-11-21-50)27-35(55)31-12-14-32(52)15-13-31)25-24-48(8)33(42(41)51)16-17-38-47(7)22-19-39(46(5,6)37(47)18-23-49(38,48)9)60-43(57)34-26-40(59-29-54)45(34,3)4/h12-15,29-30,33-34,37-40H,10-11,16-28H2,1-9H3,(H,53,58)/t33-,34-,37+,38-,39+,40-,47+,48-,49-,51-/m1/s1. The highest BCUT2D eigenvalue weighted by Gasteiger charge is 2.71. The molecule has 60 heavy (non-hydrogen) atoms. The maximum atomic E-state index is 14.9. The Morgan fingerprint density at radius 2 is 1.50 bits per heavy atom. The molecule has 0 aliphatic heterocycles. The summed E-state index contributed by atoms with van der Waals surface area (Å²) in [5, 5.41) is 4.23. The number of halogens is 1. The highest BCUT2D eigenvalue weighted by molar-refractivity contribution is 6.30. The largest absolute Gasteiger partial charge is 0.464 e. The zero-order chi connectivity index (χ0) is 43.4. The summed E-state index contributed by atoms with van der Waals surface area (Å²) in [5.41, 5.74) is 0.549. The van der Waals surface area contributed by atoms with Crippen molar-refractivity contribution in [2.75, 3.05) is 0 Å². The van der Waals surface area contributed by atoms with Crippen molar-refractivity contribution in [2.45, 2.75) is 176 Å². The molecule has 8 rings (SSSR count). The van der Waals surface area contributed by atoms with Crippen LogP contribution in [0, 0.1) is 62.1 Å². The second-order valence-corrected chi connectivity index (χ2v) is 23.4. The van der Waals surface area contributed by atoms with E-state index < -0.39 is 16.4 Å². The molecular formula is C51H70ClNO7. The van der Waals surface area contributed by atoms with Crippen LogP contribution in [-0.2, 0) is 28.7 Å². The number of nitrogens with one attached hydrogen (secondary N) is 1. The molecule has 0 aromatic heterocycles. The van der Waals surface area contributed by atoms with Gasteiger partial charge in [0.15, 0.2) is 11.6 Å². The van der Waals surface area contributed by atoms with Crippen LogP contribution < -0.4 is 5.32 Å². The lowest BCUT2D eigenvalue weighted by molar-refractivity contribution is -0.236. The van der Waals surface area contributed by atoms with E-state index in [1.165, 1.54) is 5.57 Å². The zero-order valence-electron chi connectivity index (χ0n) is 37.8. The number of ether oxygens (including phenoxy) is 2. The molecule has 0 radical (unpaired) electrons. The average molecular weight is 845 g/mol.